The molecule has 0 aliphatic carbocycles. The third kappa shape index (κ3) is 6.94. The smallest absolute Gasteiger partial charge is 0.410 e. The number of hydrogen-bond acceptors (Lipinski definition) is 4. The molecule has 100 valence electrons. The third-order valence-electron chi connectivity index (χ3n) is 2.02. The van der Waals surface area contributed by atoms with Gasteiger partial charge in [-0.3, -0.25) is 9.69 Å². The van der Waals surface area contributed by atoms with Crippen LogP contribution in [0.4, 0.5) is 4.79 Å². The number of carbonyl (C=O) groups is 2. The highest BCUT2D eigenvalue weighted by molar-refractivity contribution is 5.84. The van der Waals surface area contributed by atoms with E-state index in [2.05, 4.69) is 0 Å². The molecular formula is C12H24N2O3. The molecule has 0 unspecified atom stereocenters. The van der Waals surface area contributed by atoms with Crippen LogP contribution in [-0.2, 0) is 9.53 Å². The molecule has 0 aromatic rings. The molecule has 0 rings (SSSR count). The molecule has 0 aliphatic heterocycles. The van der Waals surface area contributed by atoms with Crippen LogP contribution in [0.3, 0.4) is 0 Å². The second kappa shape index (κ2) is 6.59. The number of amides is 1. The Balaban J connectivity index is 4.53. The Labute approximate surface area is 103 Å². The maximum atomic E-state index is 11.9. The first-order valence-electron chi connectivity index (χ1n) is 5.88. The van der Waals surface area contributed by atoms with Crippen LogP contribution in [0, 0.1) is 0 Å². The van der Waals surface area contributed by atoms with E-state index in [9.17, 15) is 9.59 Å². The quantitative estimate of drug-likeness (QED) is 0.796. The van der Waals surface area contributed by atoms with Crippen LogP contribution in [0.25, 0.3) is 0 Å². The summed E-state index contributed by atoms with van der Waals surface area (Å²) in [6.45, 7) is 9.45. The predicted octanol–water partition coefficient (Wildman–Crippen LogP) is 1.55. The van der Waals surface area contributed by atoms with Crippen molar-refractivity contribution in [2.75, 3.05) is 13.1 Å². The Morgan fingerprint density at radius 1 is 1.29 bits per heavy atom. The standard InChI is InChI=1S/C12H24N2O3/c1-9(2)14(8-10(15)6-7-13)11(16)17-12(3,4)5/h9H,6-8,13H2,1-5H3. The molecule has 5 nitrogen and oxygen atoms in total. The SMILES string of the molecule is CC(C)N(CC(=O)CCN)C(=O)OC(C)(C)C. The summed E-state index contributed by atoms with van der Waals surface area (Å²) in [5, 5.41) is 0. The molecule has 0 saturated carbocycles. The summed E-state index contributed by atoms with van der Waals surface area (Å²) in [6, 6.07) is -0.0772. The molecule has 0 heterocycles. The number of nitrogens with two attached hydrogens (primary N) is 1. The van der Waals surface area contributed by atoms with Crippen molar-refractivity contribution in [3.05, 3.63) is 0 Å². The average Bonchev–Trinajstić information content (AvgIpc) is 2.11. The van der Waals surface area contributed by atoms with E-state index in [-0.39, 0.29) is 24.8 Å². The summed E-state index contributed by atoms with van der Waals surface area (Å²) in [7, 11) is 0. The fraction of sp³-hybridized carbons (Fsp3) is 0.833. The van der Waals surface area contributed by atoms with Gasteiger partial charge in [-0.2, -0.15) is 0 Å². The fourth-order valence-electron chi connectivity index (χ4n) is 1.21. The number of ether oxygens (including phenoxy) is 1. The van der Waals surface area contributed by atoms with Gasteiger partial charge in [-0.15, -0.1) is 0 Å². The highest BCUT2D eigenvalue weighted by Gasteiger charge is 2.25. The van der Waals surface area contributed by atoms with Crippen molar-refractivity contribution < 1.29 is 14.3 Å². The fourth-order valence-corrected chi connectivity index (χ4v) is 1.21. The number of Topliss-reactive ketones (excluding diaryl/α,β-unsaturated/α-hetero) is 1. The Morgan fingerprint density at radius 3 is 2.18 bits per heavy atom. The number of ketones is 1. The zero-order valence-electron chi connectivity index (χ0n) is 11.4. The number of carbonyl (C=O) groups excluding carboxylic acids is 2. The van der Waals surface area contributed by atoms with Crippen molar-refractivity contribution in [3.8, 4) is 0 Å². The lowest BCUT2D eigenvalue weighted by molar-refractivity contribution is -0.120. The molecule has 0 bridgehead atoms. The van der Waals surface area contributed by atoms with Crippen LogP contribution in [0.15, 0.2) is 0 Å². The van der Waals surface area contributed by atoms with E-state index in [0.717, 1.165) is 0 Å². The summed E-state index contributed by atoms with van der Waals surface area (Å²) < 4.78 is 5.24. The second-order valence-corrected chi connectivity index (χ2v) is 5.28. The van der Waals surface area contributed by atoms with E-state index in [4.69, 9.17) is 10.5 Å². The molecule has 0 spiro atoms. The first kappa shape index (κ1) is 15.9. The molecule has 0 radical (unpaired) electrons. The van der Waals surface area contributed by atoms with E-state index in [1.54, 1.807) is 20.8 Å². The van der Waals surface area contributed by atoms with E-state index in [1.165, 1.54) is 4.90 Å². The number of rotatable bonds is 5. The first-order valence-corrected chi connectivity index (χ1v) is 5.88. The molecule has 1 amide bonds. The van der Waals surface area contributed by atoms with Gasteiger partial charge in [-0.25, -0.2) is 4.79 Å². The minimum Gasteiger partial charge on any atom is -0.444 e. The summed E-state index contributed by atoms with van der Waals surface area (Å²) >= 11 is 0. The molecule has 5 heteroatoms. The van der Waals surface area contributed by atoms with Gasteiger partial charge in [-0.05, 0) is 41.2 Å². The van der Waals surface area contributed by atoms with Crippen molar-refractivity contribution >= 4 is 11.9 Å². The molecule has 0 saturated heterocycles. The van der Waals surface area contributed by atoms with Gasteiger partial charge in [0.15, 0.2) is 5.78 Å². The second-order valence-electron chi connectivity index (χ2n) is 5.28. The van der Waals surface area contributed by atoms with Crippen molar-refractivity contribution in [1.29, 1.82) is 0 Å². The van der Waals surface area contributed by atoms with E-state index < -0.39 is 11.7 Å². The van der Waals surface area contributed by atoms with Crippen LogP contribution in [-0.4, -0.2) is 41.5 Å². The molecule has 0 atom stereocenters. The zero-order chi connectivity index (χ0) is 13.6. The monoisotopic (exact) mass is 244 g/mol. The minimum atomic E-state index is -0.554. The first-order chi connectivity index (χ1) is 7.67. The predicted molar refractivity (Wildman–Crippen MR) is 66.8 cm³/mol. The maximum absolute atomic E-state index is 11.9. The molecule has 2 N–H and O–H groups in total. The van der Waals surface area contributed by atoms with Crippen molar-refractivity contribution in [2.24, 2.45) is 5.73 Å². The summed E-state index contributed by atoms with van der Waals surface area (Å²) in [6.07, 6.45) is -0.177. The lowest BCUT2D eigenvalue weighted by Gasteiger charge is -2.29. The van der Waals surface area contributed by atoms with Gasteiger partial charge in [0.25, 0.3) is 0 Å². The number of hydrogen-bond donors (Lipinski definition) is 1. The topological polar surface area (TPSA) is 72.6 Å². The van der Waals surface area contributed by atoms with Crippen molar-refractivity contribution in [3.63, 3.8) is 0 Å². The van der Waals surface area contributed by atoms with Gasteiger partial charge in [0.05, 0.1) is 6.54 Å². The van der Waals surface area contributed by atoms with Gasteiger partial charge in [0.2, 0.25) is 0 Å². The number of nitrogens with zero attached hydrogens (tertiary/aromatic N) is 1. The van der Waals surface area contributed by atoms with E-state index in [1.807, 2.05) is 13.8 Å². The maximum Gasteiger partial charge on any atom is 0.410 e. The van der Waals surface area contributed by atoms with Crippen LogP contribution in [0.1, 0.15) is 41.0 Å². The molecule has 0 fully saturated rings. The highest BCUT2D eigenvalue weighted by Crippen LogP contribution is 2.12. The van der Waals surface area contributed by atoms with Gasteiger partial charge in [0, 0.05) is 12.5 Å². The highest BCUT2D eigenvalue weighted by atomic mass is 16.6. The molecular weight excluding hydrogens is 220 g/mol. The van der Waals surface area contributed by atoms with Crippen LogP contribution in [0.5, 0.6) is 0 Å². The molecule has 0 aromatic heterocycles. The van der Waals surface area contributed by atoms with E-state index >= 15 is 0 Å². The normalized spacial score (nSPS) is 11.5. The van der Waals surface area contributed by atoms with E-state index in [0.29, 0.717) is 6.54 Å². The third-order valence-corrected chi connectivity index (χ3v) is 2.02. The summed E-state index contributed by atoms with van der Waals surface area (Å²) in [5.41, 5.74) is 4.75. The summed E-state index contributed by atoms with van der Waals surface area (Å²) in [4.78, 5) is 24.8. The van der Waals surface area contributed by atoms with Crippen LogP contribution < -0.4 is 5.73 Å². The van der Waals surface area contributed by atoms with Crippen molar-refractivity contribution in [1.82, 2.24) is 4.90 Å². The average molecular weight is 244 g/mol. The lowest BCUT2D eigenvalue weighted by Crippen LogP contribution is -2.43. The Morgan fingerprint density at radius 2 is 1.82 bits per heavy atom. The Bertz CT molecular complexity index is 269. The minimum absolute atomic E-state index is 0.0490. The lowest BCUT2D eigenvalue weighted by atomic mass is 10.2. The Kier molecular flexibility index (Phi) is 6.16. The van der Waals surface area contributed by atoms with Gasteiger partial charge < -0.3 is 10.5 Å². The van der Waals surface area contributed by atoms with Gasteiger partial charge in [0.1, 0.15) is 5.60 Å². The van der Waals surface area contributed by atoms with Gasteiger partial charge >= 0.3 is 6.09 Å². The molecule has 0 aromatic carbocycles. The van der Waals surface area contributed by atoms with Crippen molar-refractivity contribution in [2.45, 2.75) is 52.7 Å². The largest absolute Gasteiger partial charge is 0.444 e. The van der Waals surface area contributed by atoms with Gasteiger partial charge in [-0.1, -0.05) is 0 Å². The molecule has 0 aliphatic rings. The zero-order valence-corrected chi connectivity index (χ0v) is 11.4. The molecule has 17 heavy (non-hydrogen) atoms. The van der Waals surface area contributed by atoms with Crippen LogP contribution in [0.2, 0.25) is 0 Å². The van der Waals surface area contributed by atoms with Crippen LogP contribution >= 0.6 is 0 Å². The Hall–Kier alpha value is -1.10. The summed E-state index contributed by atoms with van der Waals surface area (Å²) in [5.74, 6) is -0.0490.